The predicted octanol–water partition coefficient (Wildman–Crippen LogP) is 4.72. The first kappa shape index (κ1) is 23.2. The molecule has 2 aromatic carbocycles. The lowest BCUT2D eigenvalue weighted by Gasteiger charge is -2.17. The molecule has 156 valence electrons. The first-order valence-electron chi connectivity index (χ1n) is 9.09. The lowest BCUT2D eigenvalue weighted by molar-refractivity contribution is -0.112. The largest absolute Gasteiger partial charge is 0.493 e. The summed E-state index contributed by atoms with van der Waals surface area (Å²) in [5, 5.41) is 21.1. The van der Waals surface area contributed by atoms with E-state index in [-0.39, 0.29) is 22.9 Å². The van der Waals surface area contributed by atoms with Crippen molar-refractivity contribution in [1.29, 1.82) is 5.26 Å². The normalized spacial score (nSPS) is 11.9. The van der Waals surface area contributed by atoms with Gasteiger partial charge in [-0.25, -0.2) is 4.79 Å². The quantitative estimate of drug-likeness (QED) is 0.296. The maximum absolute atomic E-state index is 12.5. The molecule has 8 heteroatoms. The smallest absolute Gasteiger partial charge is 0.335 e. The number of nitrogens with one attached hydrogen (secondary N) is 1. The number of carbonyl (C=O) groups excluding carboxylic acids is 1. The molecule has 0 aliphatic heterocycles. The van der Waals surface area contributed by atoms with Gasteiger partial charge in [0.15, 0.2) is 11.5 Å². The summed E-state index contributed by atoms with van der Waals surface area (Å²) in [6.07, 6.45) is 2.28. The first-order chi connectivity index (χ1) is 14.3. The fourth-order valence-electron chi connectivity index (χ4n) is 2.47. The van der Waals surface area contributed by atoms with E-state index in [0.29, 0.717) is 17.1 Å². The number of carboxylic acids is 1. The van der Waals surface area contributed by atoms with Crippen LogP contribution in [0.25, 0.3) is 6.08 Å². The number of hydrogen-bond donors (Lipinski definition) is 2. The molecule has 0 aliphatic carbocycles. The van der Waals surface area contributed by atoms with Gasteiger partial charge in [-0.3, -0.25) is 4.79 Å². The third-order valence-corrected chi connectivity index (χ3v) is 4.99. The fourth-order valence-corrected chi connectivity index (χ4v) is 3.22. The molecular weight excluding hydrogens is 499 g/mol. The molecule has 0 radical (unpaired) electrons. The second kappa shape index (κ2) is 10.6. The number of carboxylic acid groups (broad SMARTS) is 1. The topological polar surface area (TPSA) is 109 Å². The van der Waals surface area contributed by atoms with Crippen molar-refractivity contribution in [2.45, 2.75) is 26.4 Å². The van der Waals surface area contributed by atoms with Crippen LogP contribution >= 0.6 is 22.6 Å². The Morgan fingerprint density at radius 1 is 1.33 bits per heavy atom. The molecule has 0 bridgehead atoms. The molecule has 0 heterocycles. The molecule has 0 aromatic heterocycles. The van der Waals surface area contributed by atoms with E-state index in [4.69, 9.17) is 14.6 Å². The molecule has 2 aromatic rings. The summed E-state index contributed by atoms with van der Waals surface area (Å²) >= 11 is 2.12. The zero-order valence-electron chi connectivity index (χ0n) is 16.7. The number of methoxy groups -OCH3 is 1. The van der Waals surface area contributed by atoms with Crippen molar-refractivity contribution in [2.24, 2.45) is 0 Å². The number of rotatable bonds is 8. The van der Waals surface area contributed by atoms with E-state index < -0.39 is 11.9 Å². The van der Waals surface area contributed by atoms with Crippen molar-refractivity contribution < 1.29 is 24.2 Å². The molecule has 1 amide bonds. The summed E-state index contributed by atoms with van der Waals surface area (Å²) in [4.78, 5) is 23.6. The number of nitrogens with zero attached hydrogens (tertiary/aromatic N) is 1. The standard InChI is InChI=1S/C22H21IN2O5/c1-4-13(2)30-20-18(23)9-14(10-19(20)29-3)8-16(12-24)21(26)25-17-7-5-6-15(11-17)22(27)28/h5-11,13H,4H2,1-3H3,(H,25,26)(H,27,28)/b16-8-/t13-/m1/s1. The van der Waals surface area contributed by atoms with Gasteiger partial charge < -0.3 is 19.9 Å². The average Bonchev–Trinajstić information content (AvgIpc) is 2.73. The van der Waals surface area contributed by atoms with Gasteiger partial charge in [0, 0.05) is 5.69 Å². The van der Waals surface area contributed by atoms with Crippen LogP contribution in [-0.2, 0) is 4.79 Å². The SMILES string of the molecule is CC[C@@H](C)Oc1c(I)cc(/C=C(/C#N)C(=O)Nc2cccc(C(=O)O)c2)cc1OC. The highest BCUT2D eigenvalue weighted by Crippen LogP contribution is 2.35. The minimum atomic E-state index is -1.11. The Bertz CT molecular complexity index is 1030. The number of anilines is 1. The van der Waals surface area contributed by atoms with Gasteiger partial charge in [0.2, 0.25) is 0 Å². The van der Waals surface area contributed by atoms with E-state index in [9.17, 15) is 14.9 Å². The van der Waals surface area contributed by atoms with Crippen molar-refractivity contribution in [3.63, 3.8) is 0 Å². The lowest BCUT2D eigenvalue weighted by Crippen LogP contribution is -2.14. The Morgan fingerprint density at radius 2 is 2.07 bits per heavy atom. The van der Waals surface area contributed by atoms with Crippen LogP contribution in [-0.4, -0.2) is 30.2 Å². The van der Waals surface area contributed by atoms with Crippen LogP contribution in [0.15, 0.2) is 42.0 Å². The minimum absolute atomic E-state index is 0.0100. The number of carbonyl (C=O) groups is 2. The number of amides is 1. The van der Waals surface area contributed by atoms with Gasteiger partial charge >= 0.3 is 5.97 Å². The van der Waals surface area contributed by atoms with Crippen molar-refractivity contribution in [3.05, 3.63) is 56.7 Å². The average molecular weight is 520 g/mol. The number of ether oxygens (including phenoxy) is 2. The molecule has 0 saturated carbocycles. The fraction of sp³-hybridized carbons (Fsp3) is 0.227. The lowest BCUT2D eigenvalue weighted by atomic mass is 10.1. The van der Waals surface area contributed by atoms with E-state index in [0.717, 1.165) is 9.99 Å². The van der Waals surface area contributed by atoms with Gasteiger partial charge in [-0.1, -0.05) is 13.0 Å². The molecule has 0 spiro atoms. The maximum atomic E-state index is 12.5. The van der Waals surface area contributed by atoms with Crippen LogP contribution in [0, 0.1) is 14.9 Å². The molecule has 0 unspecified atom stereocenters. The number of hydrogen-bond acceptors (Lipinski definition) is 5. The summed E-state index contributed by atoms with van der Waals surface area (Å²) in [6, 6.07) is 11.2. The van der Waals surface area contributed by atoms with Crippen molar-refractivity contribution in [2.75, 3.05) is 12.4 Å². The first-order valence-corrected chi connectivity index (χ1v) is 10.2. The maximum Gasteiger partial charge on any atom is 0.335 e. The van der Waals surface area contributed by atoms with E-state index in [1.54, 1.807) is 18.2 Å². The Morgan fingerprint density at radius 3 is 2.67 bits per heavy atom. The third-order valence-electron chi connectivity index (χ3n) is 4.19. The van der Waals surface area contributed by atoms with Crippen LogP contribution in [0.5, 0.6) is 11.5 Å². The van der Waals surface area contributed by atoms with E-state index in [1.165, 1.54) is 31.4 Å². The molecule has 2 N–H and O–H groups in total. The van der Waals surface area contributed by atoms with Crippen LogP contribution < -0.4 is 14.8 Å². The Kier molecular flexibility index (Phi) is 8.24. The number of halogens is 1. The summed E-state index contributed by atoms with van der Waals surface area (Å²) in [5.41, 5.74) is 0.778. The predicted molar refractivity (Wildman–Crippen MR) is 122 cm³/mol. The summed E-state index contributed by atoms with van der Waals surface area (Å²) < 4.78 is 12.1. The van der Waals surface area contributed by atoms with E-state index in [2.05, 4.69) is 27.9 Å². The number of aromatic carboxylic acids is 1. The minimum Gasteiger partial charge on any atom is -0.493 e. The van der Waals surface area contributed by atoms with Crippen molar-refractivity contribution >= 4 is 46.2 Å². The number of benzene rings is 2. The Balaban J connectivity index is 2.32. The highest BCUT2D eigenvalue weighted by molar-refractivity contribution is 14.1. The van der Waals surface area contributed by atoms with Gasteiger partial charge in [0.05, 0.1) is 22.3 Å². The molecule has 0 saturated heterocycles. The van der Waals surface area contributed by atoms with Gasteiger partial charge in [0.1, 0.15) is 11.6 Å². The van der Waals surface area contributed by atoms with Crippen LogP contribution in [0.2, 0.25) is 0 Å². The second-order valence-corrected chi connectivity index (χ2v) is 7.54. The second-order valence-electron chi connectivity index (χ2n) is 6.38. The highest BCUT2D eigenvalue weighted by atomic mass is 127. The molecule has 7 nitrogen and oxygen atoms in total. The zero-order chi connectivity index (χ0) is 22.3. The highest BCUT2D eigenvalue weighted by Gasteiger charge is 2.16. The molecule has 0 aliphatic rings. The van der Waals surface area contributed by atoms with Crippen LogP contribution in [0.4, 0.5) is 5.69 Å². The molecular formula is C22H21IN2O5. The zero-order valence-corrected chi connectivity index (χ0v) is 18.9. The Labute approximate surface area is 188 Å². The van der Waals surface area contributed by atoms with Crippen molar-refractivity contribution in [3.8, 4) is 17.6 Å². The molecule has 2 rings (SSSR count). The summed E-state index contributed by atoms with van der Waals surface area (Å²) in [5.74, 6) is -0.643. The van der Waals surface area contributed by atoms with E-state index in [1.807, 2.05) is 19.9 Å². The van der Waals surface area contributed by atoms with Gasteiger partial charge in [-0.05, 0) is 77.9 Å². The molecule has 0 fully saturated rings. The monoisotopic (exact) mass is 520 g/mol. The van der Waals surface area contributed by atoms with Gasteiger partial charge in [0.25, 0.3) is 5.91 Å². The van der Waals surface area contributed by atoms with E-state index >= 15 is 0 Å². The Hall–Kier alpha value is -3.06. The van der Waals surface area contributed by atoms with Crippen LogP contribution in [0.3, 0.4) is 0 Å². The van der Waals surface area contributed by atoms with Crippen molar-refractivity contribution in [1.82, 2.24) is 0 Å². The molecule has 1 atom stereocenters. The summed E-state index contributed by atoms with van der Waals surface area (Å²) in [7, 11) is 1.52. The summed E-state index contributed by atoms with van der Waals surface area (Å²) in [6.45, 7) is 3.98. The van der Waals surface area contributed by atoms with Gasteiger partial charge in [-0.15, -0.1) is 0 Å². The van der Waals surface area contributed by atoms with Crippen LogP contribution in [0.1, 0.15) is 36.2 Å². The van der Waals surface area contributed by atoms with Gasteiger partial charge in [-0.2, -0.15) is 5.26 Å². The number of nitriles is 1. The molecule has 30 heavy (non-hydrogen) atoms. The third kappa shape index (κ3) is 5.97.